The van der Waals surface area contributed by atoms with E-state index >= 15 is 0 Å². The van der Waals surface area contributed by atoms with Crippen LogP contribution in [0.5, 0.6) is 0 Å². The van der Waals surface area contributed by atoms with Gasteiger partial charge in [-0.2, -0.15) is 0 Å². The van der Waals surface area contributed by atoms with Crippen molar-refractivity contribution in [2.45, 2.75) is 20.8 Å². The van der Waals surface area contributed by atoms with Crippen molar-refractivity contribution in [2.24, 2.45) is 0 Å². The van der Waals surface area contributed by atoms with E-state index in [2.05, 4.69) is 34.0 Å². The summed E-state index contributed by atoms with van der Waals surface area (Å²) in [6.45, 7) is 7.88. The normalized spacial score (nSPS) is 10.5. The highest BCUT2D eigenvalue weighted by molar-refractivity contribution is 6.35. The molecule has 0 aliphatic heterocycles. The van der Waals surface area contributed by atoms with Gasteiger partial charge in [-0.3, -0.25) is 0 Å². The number of aromatic nitrogens is 2. The standard InChI is InChI=1S/C15H18Cl2N4/c1-4-21(5-2)15-9-14(18-10(3)19-15)20-13-7-11(16)6-12(17)8-13/h6-9H,4-5H2,1-3H3,(H,18,19,20). The Hall–Kier alpha value is -1.52. The van der Waals surface area contributed by atoms with E-state index < -0.39 is 0 Å². The highest BCUT2D eigenvalue weighted by Crippen LogP contribution is 2.25. The fourth-order valence-corrected chi connectivity index (χ4v) is 2.63. The first kappa shape index (κ1) is 15.9. The van der Waals surface area contributed by atoms with E-state index in [1.807, 2.05) is 25.1 Å². The summed E-state index contributed by atoms with van der Waals surface area (Å²) < 4.78 is 0. The minimum absolute atomic E-state index is 0.583. The number of anilines is 3. The molecule has 0 saturated heterocycles. The minimum Gasteiger partial charge on any atom is -0.357 e. The van der Waals surface area contributed by atoms with Crippen LogP contribution in [0.3, 0.4) is 0 Å². The predicted molar refractivity (Wildman–Crippen MR) is 90.1 cm³/mol. The summed E-state index contributed by atoms with van der Waals surface area (Å²) in [5.74, 6) is 2.35. The van der Waals surface area contributed by atoms with Crippen LogP contribution in [0.15, 0.2) is 24.3 Å². The maximum Gasteiger partial charge on any atom is 0.136 e. The minimum atomic E-state index is 0.583. The molecule has 21 heavy (non-hydrogen) atoms. The molecule has 1 heterocycles. The topological polar surface area (TPSA) is 41.0 Å². The van der Waals surface area contributed by atoms with Gasteiger partial charge >= 0.3 is 0 Å². The van der Waals surface area contributed by atoms with Crippen molar-refractivity contribution in [1.82, 2.24) is 9.97 Å². The van der Waals surface area contributed by atoms with Crippen molar-refractivity contribution in [3.8, 4) is 0 Å². The second-order valence-corrected chi connectivity index (χ2v) is 5.49. The smallest absolute Gasteiger partial charge is 0.136 e. The van der Waals surface area contributed by atoms with E-state index in [0.717, 1.165) is 36.2 Å². The molecular formula is C15H18Cl2N4. The van der Waals surface area contributed by atoms with Crippen molar-refractivity contribution < 1.29 is 0 Å². The zero-order chi connectivity index (χ0) is 15.4. The summed E-state index contributed by atoms with van der Waals surface area (Å²) in [6.07, 6.45) is 0. The number of hydrogen-bond acceptors (Lipinski definition) is 4. The zero-order valence-corrected chi connectivity index (χ0v) is 13.8. The van der Waals surface area contributed by atoms with Crippen LogP contribution >= 0.6 is 23.2 Å². The molecule has 6 heteroatoms. The molecule has 0 aliphatic carbocycles. The first-order chi connectivity index (χ1) is 10.0. The number of halogens is 2. The average Bonchev–Trinajstić information content (AvgIpc) is 2.38. The van der Waals surface area contributed by atoms with Crippen LogP contribution < -0.4 is 10.2 Å². The van der Waals surface area contributed by atoms with Gasteiger partial charge in [0.1, 0.15) is 17.5 Å². The van der Waals surface area contributed by atoms with E-state index in [0.29, 0.717) is 10.0 Å². The molecule has 112 valence electrons. The Balaban J connectivity index is 2.31. The fraction of sp³-hybridized carbons (Fsp3) is 0.333. The molecule has 0 bridgehead atoms. The van der Waals surface area contributed by atoms with Crippen molar-refractivity contribution in [2.75, 3.05) is 23.3 Å². The van der Waals surface area contributed by atoms with Gasteiger partial charge in [-0.05, 0) is 39.0 Å². The molecule has 0 saturated carbocycles. The van der Waals surface area contributed by atoms with Gasteiger partial charge in [0.25, 0.3) is 0 Å². The molecule has 1 aromatic carbocycles. The Kier molecular flexibility index (Phi) is 5.26. The molecule has 0 aliphatic rings. The summed E-state index contributed by atoms with van der Waals surface area (Å²) in [7, 11) is 0. The molecule has 4 nitrogen and oxygen atoms in total. The number of hydrogen-bond donors (Lipinski definition) is 1. The Morgan fingerprint density at radius 3 is 2.19 bits per heavy atom. The lowest BCUT2D eigenvalue weighted by atomic mass is 10.3. The molecule has 0 amide bonds. The molecule has 0 atom stereocenters. The van der Waals surface area contributed by atoms with E-state index in [1.54, 1.807) is 6.07 Å². The van der Waals surface area contributed by atoms with Crippen molar-refractivity contribution in [3.63, 3.8) is 0 Å². The number of nitrogens with one attached hydrogen (secondary N) is 1. The lowest BCUT2D eigenvalue weighted by Crippen LogP contribution is -2.23. The Morgan fingerprint density at radius 1 is 1.00 bits per heavy atom. The molecule has 1 N–H and O–H groups in total. The van der Waals surface area contributed by atoms with Crippen LogP contribution in [-0.4, -0.2) is 23.1 Å². The lowest BCUT2D eigenvalue weighted by molar-refractivity contribution is 0.835. The van der Waals surface area contributed by atoms with Gasteiger partial charge in [0, 0.05) is 34.9 Å². The van der Waals surface area contributed by atoms with Gasteiger partial charge in [0.15, 0.2) is 0 Å². The van der Waals surface area contributed by atoms with Gasteiger partial charge in [-0.1, -0.05) is 23.2 Å². The van der Waals surface area contributed by atoms with Gasteiger partial charge in [-0.15, -0.1) is 0 Å². The van der Waals surface area contributed by atoms with Crippen LogP contribution in [0.2, 0.25) is 10.0 Å². The quantitative estimate of drug-likeness (QED) is 0.866. The van der Waals surface area contributed by atoms with Crippen LogP contribution in [0.1, 0.15) is 19.7 Å². The maximum atomic E-state index is 6.01. The molecule has 0 unspecified atom stereocenters. The Labute approximate surface area is 135 Å². The van der Waals surface area contributed by atoms with Crippen molar-refractivity contribution >= 4 is 40.5 Å². The van der Waals surface area contributed by atoms with Crippen molar-refractivity contribution in [1.29, 1.82) is 0 Å². The van der Waals surface area contributed by atoms with Crippen LogP contribution in [0.25, 0.3) is 0 Å². The monoisotopic (exact) mass is 324 g/mol. The van der Waals surface area contributed by atoms with Crippen LogP contribution in [0.4, 0.5) is 17.3 Å². The maximum absolute atomic E-state index is 6.01. The third-order valence-corrected chi connectivity index (χ3v) is 3.48. The second-order valence-electron chi connectivity index (χ2n) is 4.61. The summed E-state index contributed by atoms with van der Waals surface area (Å²) in [4.78, 5) is 11.1. The van der Waals surface area contributed by atoms with Crippen molar-refractivity contribution in [3.05, 3.63) is 40.1 Å². The zero-order valence-electron chi connectivity index (χ0n) is 12.3. The van der Waals surface area contributed by atoms with Gasteiger partial charge in [0.05, 0.1) is 0 Å². The first-order valence-electron chi connectivity index (χ1n) is 6.85. The average molecular weight is 325 g/mol. The van der Waals surface area contributed by atoms with Crippen LogP contribution in [-0.2, 0) is 0 Å². The molecule has 0 spiro atoms. The van der Waals surface area contributed by atoms with E-state index in [1.165, 1.54) is 0 Å². The SMILES string of the molecule is CCN(CC)c1cc(Nc2cc(Cl)cc(Cl)c2)nc(C)n1. The third-order valence-electron chi connectivity index (χ3n) is 3.05. The van der Waals surface area contributed by atoms with Gasteiger partial charge in [0.2, 0.25) is 0 Å². The molecule has 2 rings (SSSR count). The first-order valence-corrected chi connectivity index (χ1v) is 7.61. The largest absolute Gasteiger partial charge is 0.357 e. The van der Waals surface area contributed by atoms with E-state index in [-0.39, 0.29) is 0 Å². The van der Waals surface area contributed by atoms with Gasteiger partial charge in [-0.25, -0.2) is 9.97 Å². The molecule has 2 aromatic rings. The predicted octanol–water partition coefficient (Wildman–Crippen LogP) is 4.68. The number of rotatable bonds is 5. The lowest BCUT2D eigenvalue weighted by Gasteiger charge is -2.20. The summed E-state index contributed by atoms with van der Waals surface area (Å²) >= 11 is 12.0. The van der Waals surface area contributed by atoms with E-state index in [4.69, 9.17) is 23.2 Å². The fourth-order valence-electron chi connectivity index (χ4n) is 2.10. The highest BCUT2D eigenvalue weighted by atomic mass is 35.5. The summed E-state index contributed by atoms with van der Waals surface area (Å²) in [6, 6.07) is 7.24. The molecule has 0 radical (unpaired) electrons. The number of benzene rings is 1. The summed E-state index contributed by atoms with van der Waals surface area (Å²) in [5.41, 5.74) is 0.802. The Bertz CT molecular complexity index is 607. The van der Waals surface area contributed by atoms with Gasteiger partial charge < -0.3 is 10.2 Å². The molecule has 0 fully saturated rings. The summed E-state index contributed by atoms with van der Waals surface area (Å²) in [5, 5.41) is 4.39. The van der Waals surface area contributed by atoms with E-state index in [9.17, 15) is 0 Å². The molecule has 1 aromatic heterocycles. The Morgan fingerprint density at radius 2 is 1.62 bits per heavy atom. The van der Waals surface area contributed by atoms with Crippen LogP contribution in [0, 0.1) is 6.92 Å². The number of nitrogens with zero attached hydrogens (tertiary/aromatic N) is 3. The highest BCUT2D eigenvalue weighted by Gasteiger charge is 2.08. The molecular weight excluding hydrogens is 307 g/mol. The number of aryl methyl sites for hydroxylation is 1. The third kappa shape index (κ3) is 4.22. The second kappa shape index (κ2) is 6.96.